The molecular weight excluding hydrogens is 211 g/mol. The van der Waals surface area contributed by atoms with Crippen molar-refractivity contribution in [3.8, 4) is 11.5 Å². The minimum Gasteiger partial charge on any atom is -0.337 e. The molecule has 2 N–H and O–H groups in total. The first-order valence-corrected chi connectivity index (χ1v) is 4.92. The van der Waals surface area contributed by atoms with Gasteiger partial charge in [-0.25, -0.2) is 9.37 Å². The molecule has 2 aromatic heterocycles. The molecule has 0 saturated heterocycles. The monoisotopic (exact) mass is 220 g/mol. The maximum Gasteiger partial charge on any atom is 0.247 e. The summed E-state index contributed by atoms with van der Waals surface area (Å²) in [4.78, 5) is 8.02. The van der Waals surface area contributed by atoms with E-state index in [0.29, 0.717) is 17.4 Å². The molecule has 2 heterocycles. The molecule has 6 heteroatoms. The highest BCUT2D eigenvalue weighted by atomic mass is 19.1. The van der Waals surface area contributed by atoms with E-state index >= 15 is 0 Å². The molecule has 2 aromatic rings. The molecule has 82 valence electrons. The fourth-order valence-electron chi connectivity index (χ4n) is 1.39. The van der Waals surface area contributed by atoms with Crippen LogP contribution in [0.5, 0.6) is 0 Å². The smallest absolute Gasteiger partial charge is 0.247 e. The molecule has 0 atom stereocenters. The molecule has 3 rings (SSSR count). The van der Waals surface area contributed by atoms with Crippen molar-refractivity contribution in [1.82, 2.24) is 15.1 Å². The summed E-state index contributed by atoms with van der Waals surface area (Å²) in [6.07, 6.45) is 2.82. The number of hydrogen-bond acceptors (Lipinski definition) is 5. The Hall–Kier alpha value is -1.82. The molecular formula is C10H9FN4O. The zero-order valence-corrected chi connectivity index (χ0v) is 8.35. The highest BCUT2D eigenvalue weighted by molar-refractivity contribution is 5.47. The Bertz CT molecular complexity index is 518. The van der Waals surface area contributed by atoms with E-state index < -0.39 is 11.4 Å². The lowest BCUT2D eigenvalue weighted by molar-refractivity contribution is 0.348. The minimum absolute atomic E-state index is 0.340. The van der Waals surface area contributed by atoms with Gasteiger partial charge in [0.15, 0.2) is 0 Å². The molecule has 5 nitrogen and oxygen atoms in total. The predicted molar refractivity (Wildman–Crippen MR) is 52.6 cm³/mol. The van der Waals surface area contributed by atoms with Crippen LogP contribution in [-0.4, -0.2) is 15.1 Å². The topological polar surface area (TPSA) is 77.8 Å². The third-order valence-corrected chi connectivity index (χ3v) is 2.60. The summed E-state index contributed by atoms with van der Waals surface area (Å²) in [6, 6.07) is 2.80. The van der Waals surface area contributed by atoms with Gasteiger partial charge in [-0.15, -0.1) is 0 Å². The summed E-state index contributed by atoms with van der Waals surface area (Å²) < 4.78 is 17.7. The van der Waals surface area contributed by atoms with Crippen molar-refractivity contribution in [2.75, 3.05) is 0 Å². The maximum atomic E-state index is 12.7. The van der Waals surface area contributed by atoms with E-state index in [2.05, 4.69) is 15.1 Å². The molecule has 0 radical (unpaired) electrons. The number of hydrogen-bond donors (Lipinski definition) is 1. The molecule has 0 aromatic carbocycles. The average Bonchev–Trinajstić information content (AvgIpc) is 2.84. The van der Waals surface area contributed by atoms with Crippen molar-refractivity contribution in [2.24, 2.45) is 5.73 Å². The van der Waals surface area contributed by atoms with E-state index in [0.717, 1.165) is 19.0 Å². The van der Waals surface area contributed by atoms with Crippen LogP contribution in [0.1, 0.15) is 18.7 Å². The molecule has 0 bridgehead atoms. The molecule has 0 spiro atoms. The molecule has 0 unspecified atom stereocenters. The first-order chi connectivity index (χ1) is 7.67. The van der Waals surface area contributed by atoms with Crippen LogP contribution in [0.15, 0.2) is 22.9 Å². The van der Waals surface area contributed by atoms with Crippen molar-refractivity contribution < 1.29 is 8.91 Å². The second-order valence-corrected chi connectivity index (χ2v) is 3.94. The van der Waals surface area contributed by atoms with Crippen LogP contribution in [0, 0.1) is 5.82 Å². The van der Waals surface area contributed by atoms with Crippen LogP contribution in [0.2, 0.25) is 0 Å². The quantitative estimate of drug-likeness (QED) is 0.823. The summed E-state index contributed by atoms with van der Waals surface area (Å²) >= 11 is 0. The van der Waals surface area contributed by atoms with Gasteiger partial charge < -0.3 is 10.3 Å². The van der Waals surface area contributed by atoms with Gasteiger partial charge in [0.1, 0.15) is 11.5 Å². The van der Waals surface area contributed by atoms with E-state index in [1.54, 1.807) is 0 Å². The zero-order chi connectivity index (χ0) is 11.2. The number of nitrogens with zero attached hydrogens (tertiary/aromatic N) is 3. The lowest BCUT2D eigenvalue weighted by Gasteiger charge is -1.97. The van der Waals surface area contributed by atoms with Crippen molar-refractivity contribution in [2.45, 2.75) is 18.4 Å². The Labute approximate surface area is 90.5 Å². The van der Waals surface area contributed by atoms with Gasteiger partial charge in [-0.2, -0.15) is 4.98 Å². The third-order valence-electron chi connectivity index (χ3n) is 2.60. The van der Waals surface area contributed by atoms with E-state index in [1.165, 1.54) is 12.1 Å². The van der Waals surface area contributed by atoms with Gasteiger partial charge in [0.2, 0.25) is 11.7 Å². The van der Waals surface area contributed by atoms with Crippen LogP contribution < -0.4 is 5.73 Å². The average molecular weight is 220 g/mol. The van der Waals surface area contributed by atoms with Crippen LogP contribution in [0.4, 0.5) is 4.39 Å². The largest absolute Gasteiger partial charge is 0.337 e. The zero-order valence-electron chi connectivity index (χ0n) is 8.35. The number of halogens is 1. The first-order valence-electron chi connectivity index (χ1n) is 4.92. The molecule has 1 aliphatic rings. The minimum atomic E-state index is -0.453. The summed E-state index contributed by atoms with van der Waals surface area (Å²) in [7, 11) is 0. The Balaban J connectivity index is 1.95. The highest BCUT2D eigenvalue weighted by Crippen LogP contribution is 2.41. The van der Waals surface area contributed by atoms with E-state index in [9.17, 15) is 4.39 Å². The van der Waals surface area contributed by atoms with Crippen molar-refractivity contribution in [3.05, 3.63) is 30.0 Å². The molecule has 1 fully saturated rings. The molecule has 1 aliphatic carbocycles. The van der Waals surface area contributed by atoms with Gasteiger partial charge >= 0.3 is 0 Å². The van der Waals surface area contributed by atoms with Gasteiger partial charge in [0.25, 0.3) is 0 Å². The summed E-state index contributed by atoms with van der Waals surface area (Å²) in [5.74, 6) is 0.366. The normalized spacial score (nSPS) is 17.4. The van der Waals surface area contributed by atoms with Crippen LogP contribution in [-0.2, 0) is 5.54 Å². The molecule has 1 saturated carbocycles. The fourth-order valence-corrected chi connectivity index (χ4v) is 1.39. The van der Waals surface area contributed by atoms with Crippen LogP contribution in [0.25, 0.3) is 11.5 Å². The molecule has 0 amide bonds. The lowest BCUT2D eigenvalue weighted by Crippen LogP contribution is -2.18. The number of nitrogens with two attached hydrogens (primary N) is 1. The van der Waals surface area contributed by atoms with Crippen molar-refractivity contribution in [1.29, 1.82) is 0 Å². The van der Waals surface area contributed by atoms with E-state index in [-0.39, 0.29) is 0 Å². The standard InChI is InChI=1S/C10H9FN4O/c11-6-1-2-7(13-5-6)8-14-9(16-15-8)10(12)3-4-10/h1-2,5H,3-4,12H2. The Kier molecular flexibility index (Phi) is 1.81. The van der Waals surface area contributed by atoms with Crippen LogP contribution in [0.3, 0.4) is 0 Å². The Morgan fingerprint density at radius 1 is 1.38 bits per heavy atom. The van der Waals surface area contributed by atoms with Crippen molar-refractivity contribution in [3.63, 3.8) is 0 Å². The number of rotatable bonds is 2. The third kappa shape index (κ3) is 1.47. The highest BCUT2D eigenvalue weighted by Gasteiger charge is 2.45. The van der Waals surface area contributed by atoms with E-state index in [4.69, 9.17) is 10.3 Å². The van der Waals surface area contributed by atoms with Crippen molar-refractivity contribution >= 4 is 0 Å². The summed E-state index contributed by atoms with van der Waals surface area (Å²) in [6.45, 7) is 0. The van der Waals surface area contributed by atoms with Crippen LogP contribution >= 0.6 is 0 Å². The second-order valence-electron chi connectivity index (χ2n) is 3.94. The van der Waals surface area contributed by atoms with Gasteiger partial charge in [-0.3, -0.25) is 0 Å². The van der Waals surface area contributed by atoms with E-state index in [1.807, 2.05) is 0 Å². The maximum absolute atomic E-state index is 12.7. The van der Waals surface area contributed by atoms with Gasteiger partial charge in [0, 0.05) is 0 Å². The fraction of sp³-hybridized carbons (Fsp3) is 0.300. The lowest BCUT2D eigenvalue weighted by atomic mass is 10.3. The Morgan fingerprint density at radius 3 is 2.81 bits per heavy atom. The molecule has 0 aliphatic heterocycles. The number of pyridine rings is 1. The SMILES string of the molecule is NC1(c2nc(-c3ccc(F)cn3)no2)CC1. The van der Waals surface area contributed by atoms with Gasteiger partial charge in [0.05, 0.1) is 11.7 Å². The van der Waals surface area contributed by atoms with Gasteiger partial charge in [-0.1, -0.05) is 5.16 Å². The molecule has 16 heavy (non-hydrogen) atoms. The number of aromatic nitrogens is 3. The second kappa shape index (κ2) is 3.08. The summed E-state index contributed by atoms with van der Waals surface area (Å²) in [5, 5.41) is 3.77. The Morgan fingerprint density at radius 2 is 2.19 bits per heavy atom. The summed E-state index contributed by atoms with van der Waals surface area (Å²) in [5.41, 5.74) is 5.93. The van der Waals surface area contributed by atoms with Gasteiger partial charge in [-0.05, 0) is 25.0 Å². The first kappa shape index (κ1) is 9.41. The predicted octanol–water partition coefficient (Wildman–Crippen LogP) is 1.22.